The summed E-state index contributed by atoms with van der Waals surface area (Å²) in [7, 11) is 0. The van der Waals surface area contributed by atoms with Crippen LogP contribution in [0.4, 0.5) is 0 Å². The third-order valence-electron chi connectivity index (χ3n) is 2.05. The summed E-state index contributed by atoms with van der Waals surface area (Å²) >= 11 is 0. The van der Waals surface area contributed by atoms with Crippen LogP contribution in [0, 0.1) is 5.41 Å². The molecule has 1 atom stereocenters. The van der Waals surface area contributed by atoms with Gasteiger partial charge in [0, 0.05) is 13.0 Å². The zero-order valence-corrected chi connectivity index (χ0v) is 8.72. The van der Waals surface area contributed by atoms with Gasteiger partial charge < -0.3 is 10.1 Å². The van der Waals surface area contributed by atoms with Gasteiger partial charge in [0.25, 0.3) is 0 Å². The Bertz CT molecular complexity index is 184. The van der Waals surface area contributed by atoms with Crippen LogP contribution in [0.2, 0.25) is 0 Å². The molecule has 1 fully saturated rings. The van der Waals surface area contributed by atoms with Crippen molar-refractivity contribution >= 4 is 5.91 Å². The average Bonchev–Trinajstić information content (AvgIpc) is 2.12. The van der Waals surface area contributed by atoms with Crippen molar-refractivity contribution in [3.8, 4) is 0 Å². The SMILES string of the molecule is CC(C)(C)CC1CNC(=O)CCO1. The molecule has 76 valence electrons. The van der Waals surface area contributed by atoms with Crippen LogP contribution in [0.15, 0.2) is 0 Å². The van der Waals surface area contributed by atoms with Gasteiger partial charge in [0.1, 0.15) is 0 Å². The molecule has 0 spiro atoms. The first-order valence-electron chi connectivity index (χ1n) is 4.86. The normalized spacial score (nSPS) is 25.2. The zero-order valence-electron chi connectivity index (χ0n) is 8.72. The lowest BCUT2D eigenvalue weighted by Crippen LogP contribution is -2.32. The molecule has 1 unspecified atom stereocenters. The molecule has 1 aliphatic rings. The fourth-order valence-corrected chi connectivity index (χ4v) is 1.51. The van der Waals surface area contributed by atoms with Crippen LogP contribution in [-0.4, -0.2) is 25.2 Å². The molecule has 1 heterocycles. The number of rotatable bonds is 1. The van der Waals surface area contributed by atoms with Crippen molar-refractivity contribution in [3.05, 3.63) is 0 Å². The molecule has 3 nitrogen and oxygen atoms in total. The molecule has 1 saturated heterocycles. The first kappa shape index (κ1) is 10.5. The maximum absolute atomic E-state index is 11.0. The van der Waals surface area contributed by atoms with E-state index in [-0.39, 0.29) is 17.4 Å². The van der Waals surface area contributed by atoms with E-state index >= 15 is 0 Å². The van der Waals surface area contributed by atoms with Gasteiger partial charge in [0.2, 0.25) is 5.91 Å². The zero-order chi connectivity index (χ0) is 9.90. The van der Waals surface area contributed by atoms with Crippen molar-refractivity contribution in [2.75, 3.05) is 13.2 Å². The summed E-state index contributed by atoms with van der Waals surface area (Å²) in [6.45, 7) is 7.78. The van der Waals surface area contributed by atoms with E-state index in [1.54, 1.807) is 0 Å². The molecule has 1 amide bonds. The van der Waals surface area contributed by atoms with Crippen LogP contribution in [0.1, 0.15) is 33.6 Å². The minimum Gasteiger partial charge on any atom is -0.376 e. The van der Waals surface area contributed by atoms with E-state index in [1.807, 2.05) is 0 Å². The summed E-state index contributed by atoms with van der Waals surface area (Å²) in [5, 5.41) is 2.85. The van der Waals surface area contributed by atoms with E-state index in [9.17, 15) is 4.79 Å². The van der Waals surface area contributed by atoms with Crippen molar-refractivity contribution in [2.24, 2.45) is 5.41 Å². The Morgan fingerprint density at radius 3 is 2.85 bits per heavy atom. The first-order chi connectivity index (χ1) is 5.97. The molecule has 0 aliphatic carbocycles. The Morgan fingerprint density at radius 2 is 2.23 bits per heavy atom. The molecule has 0 radical (unpaired) electrons. The number of ether oxygens (including phenoxy) is 1. The van der Waals surface area contributed by atoms with E-state index in [0.29, 0.717) is 19.6 Å². The Labute approximate surface area is 79.8 Å². The summed E-state index contributed by atoms with van der Waals surface area (Å²) in [5.74, 6) is 0.108. The lowest BCUT2D eigenvalue weighted by molar-refractivity contribution is -0.120. The summed E-state index contributed by atoms with van der Waals surface area (Å²) in [5.41, 5.74) is 0.264. The lowest BCUT2D eigenvalue weighted by Gasteiger charge is -2.24. The quantitative estimate of drug-likeness (QED) is 0.669. The van der Waals surface area contributed by atoms with Crippen LogP contribution in [0.3, 0.4) is 0 Å². The van der Waals surface area contributed by atoms with Crippen LogP contribution < -0.4 is 5.32 Å². The number of hydrogen-bond donors (Lipinski definition) is 1. The van der Waals surface area contributed by atoms with Crippen LogP contribution >= 0.6 is 0 Å². The van der Waals surface area contributed by atoms with E-state index in [2.05, 4.69) is 26.1 Å². The van der Waals surface area contributed by atoms with Gasteiger partial charge in [-0.2, -0.15) is 0 Å². The molecular weight excluding hydrogens is 166 g/mol. The smallest absolute Gasteiger partial charge is 0.222 e. The van der Waals surface area contributed by atoms with Gasteiger partial charge in [0.05, 0.1) is 12.7 Å². The summed E-state index contributed by atoms with van der Waals surface area (Å²) in [4.78, 5) is 11.0. The summed E-state index contributed by atoms with van der Waals surface area (Å²) in [6.07, 6.45) is 1.68. The van der Waals surface area contributed by atoms with Gasteiger partial charge in [-0.3, -0.25) is 4.79 Å². The number of amides is 1. The third kappa shape index (κ3) is 4.27. The Hall–Kier alpha value is -0.570. The lowest BCUT2D eigenvalue weighted by atomic mass is 9.89. The second-order valence-corrected chi connectivity index (χ2v) is 4.81. The Kier molecular flexibility index (Phi) is 3.31. The molecule has 0 saturated carbocycles. The minimum atomic E-state index is 0.108. The number of carbonyl (C=O) groups excluding carboxylic acids is 1. The molecule has 3 heteroatoms. The topological polar surface area (TPSA) is 38.3 Å². The van der Waals surface area contributed by atoms with E-state index < -0.39 is 0 Å². The van der Waals surface area contributed by atoms with Gasteiger partial charge >= 0.3 is 0 Å². The van der Waals surface area contributed by atoms with Gasteiger partial charge in [0.15, 0.2) is 0 Å². The molecule has 13 heavy (non-hydrogen) atoms. The highest BCUT2D eigenvalue weighted by molar-refractivity contribution is 5.76. The Balaban J connectivity index is 2.38. The average molecular weight is 185 g/mol. The number of nitrogens with one attached hydrogen (secondary N) is 1. The van der Waals surface area contributed by atoms with Crippen molar-refractivity contribution < 1.29 is 9.53 Å². The largest absolute Gasteiger partial charge is 0.376 e. The second-order valence-electron chi connectivity index (χ2n) is 4.81. The standard InChI is InChI=1S/C10H19NO2/c1-10(2,3)6-8-7-11-9(12)4-5-13-8/h8H,4-7H2,1-3H3,(H,11,12). The molecule has 0 aromatic rings. The number of hydrogen-bond acceptors (Lipinski definition) is 2. The second kappa shape index (κ2) is 4.09. The van der Waals surface area contributed by atoms with Gasteiger partial charge in [-0.1, -0.05) is 20.8 Å². The maximum Gasteiger partial charge on any atom is 0.222 e. The fourth-order valence-electron chi connectivity index (χ4n) is 1.51. The van der Waals surface area contributed by atoms with Crippen molar-refractivity contribution in [1.82, 2.24) is 5.32 Å². The van der Waals surface area contributed by atoms with Crippen LogP contribution in [-0.2, 0) is 9.53 Å². The summed E-state index contributed by atoms with van der Waals surface area (Å²) < 4.78 is 5.57. The highest BCUT2D eigenvalue weighted by atomic mass is 16.5. The monoisotopic (exact) mass is 185 g/mol. The van der Waals surface area contributed by atoms with E-state index in [4.69, 9.17) is 4.74 Å². The third-order valence-corrected chi connectivity index (χ3v) is 2.05. The van der Waals surface area contributed by atoms with Crippen LogP contribution in [0.25, 0.3) is 0 Å². The molecule has 0 bridgehead atoms. The van der Waals surface area contributed by atoms with Gasteiger partial charge in [-0.15, -0.1) is 0 Å². The first-order valence-corrected chi connectivity index (χ1v) is 4.86. The number of carbonyl (C=O) groups is 1. The van der Waals surface area contributed by atoms with Crippen molar-refractivity contribution in [2.45, 2.75) is 39.7 Å². The predicted octanol–water partition coefficient (Wildman–Crippen LogP) is 1.33. The van der Waals surface area contributed by atoms with Crippen molar-refractivity contribution in [3.63, 3.8) is 0 Å². The van der Waals surface area contributed by atoms with E-state index in [1.165, 1.54) is 0 Å². The molecule has 0 aromatic carbocycles. The molecule has 0 aromatic heterocycles. The van der Waals surface area contributed by atoms with Gasteiger partial charge in [-0.25, -0.2) is 0 Å². The maximum atomic E-state index is 11.0. The van der Waals surface area contributed by atoms with Gasteiger partial charge in [-0.05, 0) is 11.8 Å². The highest BCUT2D eigenvalue weighted by Gasteiger charge is 2.22. The Morgan fingerprint density at radius 1 is 1.54 bits per heavy atom. The fraction of sp³-hybridized carbons (Fsp3) is 0.900. The van der Waals surface area contributed by atoms with Crippen LogP contribution in [0.5, 0.6) is 0 Å². The highest BCUT2D eigenvalue weighted by Crippen LogP contribution is 2.22. The summed E-state index contributed by atoms with van der Waals surface area (Å²) in [6, 6.07) is 0. The molecule has 1 N–H and O–H groups in total. The van der Waals surface area contributed by atoms with Crippen molar-refractivity contribution in [1.29, 1.82) is 0 Å². The van der Waals surface area contributed by atoms with E-state index in [0.717, 1.165) is 6.42 Å². The molecular formula is C10H19NO2. The predicted molar refractivity (Wildman–Crippen MR) is 51.4 cm³/mol. The minimum absolute atomic E-state index is 0.108. The molecule has 1 aliphatic heterocycles. The molecule has 1 rings (SSSR count).